The third-order valence-corrected chi connectivity index (χ3v) is 16.5. The quantitative estimate of drug-likeness (QED) is 0.183. The number of aryl methyl sites for hydroxylation is 1. The van der Waals surface area contributed by atoms with Crippen LogP contribution in [0.5, 0.6) is 0 Å². The van der Waals surface area contributed by atoms with Crippen LogP contribution in [0.4, 0.5) is 0 Å². The fourth-order valence-corrected chi connectivity index (χ4v) is 14.3. The van der Waals surface area contributed by atoms with Gasteiger partial charge in [0.15, 0.2) is 0 Å². The molecule has 0 aromatic heterocycles. The molecule has 2 aromatic rings. The number of benzene rings is 2. The van der Waals surface area contributed by atoms with Gasteiger partial charge in [-0.25, -0.2) is 0 Å². The normalized spacial score (nSPS) is 21.8. The number of hydrogen-bond acceptors (Lipinski definition) is 4. The van der Waals surface area contributed by atoms with E-state index >= 15 is 0 Å². The van der Waals surface area contributed by atoms with E-state index in [1.807, 2.05) is 0 Å². The van der Waals surface area contributed by atoms with Crippen LogP contribution in [0.15, 0.2) is 54.6 Å². The summed E-state index contributed by atoms with van der Waals surface area (Å²) in [6.45, 7) is 25.9. The molecule has 2 fully saturated rings. The van der Waals surface area contributed by atoms with Crippen LogP contribution in [0.2, 0.25) is 13.1 Å². The van der Waals surface area contributed by atoms with Gasteiger partial charge >= 0.3 is 0 Å². The second-order valence-corrected chi connectivity index (χ2v) is 22.4. The van der Waals surface area contributed by atoms with Gasteiger partial charge in [-0.3, -0.25) is 0 Å². The van der Waals surface area contributed by atoms with Crippen molar-refractivity contribution in [1.29, 1.82) is 0 Å². The molecule has 2 heterocycles. The Morgan fingerprint density at radius 2 is 1.15 bits per heavy atom. The summed E-state index contributed by atoms with van der Waals surface area (Å²) in [7, 11) is -2.16. The van der Waals surface area contributed by atoms with Crippen molar-refractivity contribution in [2.75, 3.05) is 26.2 Å². The van der Waals surface area contributed by atoms with Crippen LogP contribution in [-0.2, 0) is 6.42 Å². The Hall–Kier alpha value is -2.13. The van der Waals surface area contributed by atoms with Crippen LogP contribution >= 0.6 is 0 Å². The number of fused-ring (bicyclic) bond motifs is 2. The van der Waals surface area contributed by atoms with Gasteiger partial charge in [-0.1, -0.05) is 93.9 Å². The molecule has 4 unspecified atom stereocenters. The second-order valence-electron chi connectivity index (χ2n) is 17.2. The van der Waals surface area contributed by atoms with E-state index in [1.165, 1.54) is 106 Å². The monoisotopic (exact) mass is 684 g/mol. The van der Waals surface area contributed by atoms with Crippen LogP contribution in [0, 0.1) is 0 Å². The number of hydrogen-bond donors (Lipinski definition) is 2. The molecule has 2 aliphatic heterocycles. The van der Waals surface area contributed by atoms with Crippen molar-refractivity contribution in [3.05, 3.63) is 82.4 Å². The van der Waals surface area contributed by atoms with Gasteiger partial charge in [-0.2, -0.15) is 0 Å². The molecule has 0 bridgehead atoms. The highest BCUT2D eigenvalue weighted by atomic mass is 28.3. The van der Waals surface area contributed by atoms with Crippen molar-refractivity contribution < 1.29 is 0 Å². The maximum absolute atomic E-state index is 3.97. The predicted molar refractivity (Wildman–Crippen MR) is 216 cm³/mol. The number of nitrogens with zero attached hydrogens (tertiary/aromatic N) is 2. The highest BCUT2D eigenvalue weighted by molar-refractivity contribution is 6.58. The summed E-state index contributed by atoms with van der Waals surface area (Å²) >= 11 is 0. The average Bonchev–Trinajstić information content (AvgIpc) is 3.83. The summed E-state index contributed by atoms with van der Waals surface area (Å²) in [4.78, 5) is 13.1. The Morgan fingerprint density at radius 1 is 0.646 bits per heavy atom. The molecule has 4 aliphatic rings. The van der Waals surface area contributed by atoms with Crippen LogP contribution in [0.3, 0.4) is 0 Å². The minimum Gasteiger partial charge on any atom is -0.371 e. The average molecular weight is 685 g/mol. The van der Waals surface area contributed by atoms with Crippen molar-refractivity contribution in [2.45, 2.75) is 142 Å². The Labute approximate surface area is 298 Å². The summed E-state index contributed by atoms with van der Waals surface area (Å²) in [6, 6.07) is 16.4. The number of unbranched alkanes of at least 4 members (excludes halogenated alkanes) is 3. The van der Waals surface area contributed by atoms with Crippen molar-refractivity contribution in [3.63, 3.8) is 0 Å². The molecule has 2 aliphatic carbocycles. The zero-order valence-corrected chi connectivity index (χ0v) is 34.4. The van der Waals surface area contributed by atoms with Gasteiger partial charge in [0.05, 0.1) is 0 Å². The summed E-state index contributed by atoms with van der Waals surface area (Å²) in [6.07, 6.45) is 17.2. The standard InChI is InChI=1S/C24H40N2Si.C18H28N2Si/c1-6-7-8-9-12-19-13-14-20-21(17-19)23(27(5)25-24(2,3)4)18-22(20)26-15-10-11-16-26;1-18(2,3)19-21(4)17-13-16(20-11-7-8-12-20)14-9-5-6-10-15(14)17/h13-14,17-18,23,25,27H,6-12,15-16H2,1-5H3;5-6,9-10,13,17,19,21H,7-8,11-12H2,1-4H3. The molecule has 0 amide bonds. The Bertz CT molecular complexity index is 1410. The van der Waals surface area contributed by atoms with E-state index in [9.17, 15) is 0 Å². The van der Waals surface area contributed by atoms with E-state index in [0.717, 1.165) is 0 Å². The van der Waals surface area contributed by atoms with E-state index in [1.54, 1.807) is 16.7 Å². The lowest BCUT2D eigenvalue weighted by atomic mass is 10.00. The van der Waals surface area contributed by atoms with Crippen LogP contribution in [0.1, 0.15) is 139 Å². The van der Waals surface area contributed by atoms with Gasteiger partial charge in [0, 0.05) is 70.9 Å². The molecule has 4 atom stereocenters. The molecule has 264 valence electrons. The van der Waals surface area contributed by atoms with Gasteiger partial charge < -0.3 is 19.8 Å². The molecule has 6 rings (SSSR count). The molecule has 0 radical (unpaired) electrons. The third-order valence-electron chi connectivity index (χ3n) is 10.6. The summed E-state index contributed by atoms with van der Waals surface area (Å²) < 4.78 is 0. The topological polar surface area (TPSA) is 30.5 Å². The fourth-order valence-electron chi connectivity index (χ4n) is 8.59. The number of nitrogens with one attached hydrogen (secondary N) is 2. The molecule has 6 heteroatoms. The number of likely N-dealkylation sites (tertiary alicyclic amines) is 2. The first-order valence-electron chi connectivity index (χ1n) is 19.6. The fraction of sp³-hybridized carbons (Fsp3) is 0.619. The van der Waals surface area contributed by atoms with Crippen LogP contribution < -0.4 is 9.96 Å². The van der Waals surface area contributed by atoms with Gasteiger partial charge in [-0.05, 0) is 96.8 Å². The zero-order valence-electron chi connectivity index (χ0n) is 32.1. The molecule has 4 nitrogen and oxygen atoms in total. The van der Waals surface area contributed by atoms with Gasteiger partial charge in [0.1, 0.15) is 17.9 Å². The molecular formula is C42H68N4Si2. The lowest BCUT2D eigenvalue weighted by Crippen LogP contribution is -2.47. The second kappa shape index (κ2) is 16.3. The van der Waals surface area contributed by atoms with Crippen molar-refractivity contribution in [2.24, 2.45) is 0 Å². The van der Waals surface area contributed by atoms with Gasteiger partial charge in [-0.15, -0.1) is 0 Å². The lowest BCUT2D eigenvalue weighted by Gasteiger charge is -2.29. The maximum Gasteiger partial charge on any atom is 0.117 e. The number of rotatable bonds is 11. The minimum absolute atomic E-state index is 0.202. The first-order chi connectivity index (χ1) is 22.8. The first-order valence-corrected chi connectivity index (χ1v) is 24.4. The molecular weight excluding hydrogens is 617 g/mol. The third kappa shape index (κ3) is 9.55. The summed E-state index contributed by atoms with van der Waals surface area (Å²) in [5.74, 6) is 0. The van der Waals surface area contributed by atoms with Crippen molar-refractivity contribution >= 4 is 29.3 Å². The highest BCUT2D eigenvalue weighted by Gasteiger charge is 2.34. The predicted octanol–water partition coefficient (Wildman–Crippen LogP) is 9.13. The maximum atomic E-state index is 3.97. The lowest BCUT2D eigenvalue weighted by molar-refractivity contribution is 0.493. The Balaban J connectivity index is 0.000000194. The zero-order chi connectivity index (χ0) is 34.5. The molecule has 0 spiro atoms. The SMILES string of the molecule is CCCCCCc1ccc2c(c1)C([SiH](C)NC(C)(C)C)C=C2N1CCCC1.C[SiH](NC(C)(C)C)C1C=C(N2CCCC2)c2ccccc21. The van der Waals surface area contributed by atoms with Crippen molar-refractivity contribution in [3.8, 4) is 0 Å². The van der Waals surface area contributed by atoms with E-state index in [2.05, 4.69) is 136 Å². The molecule has 2 N–H and O–H groups in total. The number of allylic oxidation sites excluding steroid dienone is 2. The summed E-state index contributed by atoms with van der Waals surface area (Å²) in [5, 5.41) is 0. The molecule has 0 saturated carbocycles. The Kier molecular flexibility index (Phi) is 12.6. The van der Waals surface area contributed by atoms with Gasteiger partial charge in [0.2, 0.25) is 0 Å². The Morgan fingerprint density at radius 3 is 1.67 bits per heavy atom. The van der Waals surface area contributed by atoms with Crippen LogP contribution in [0.25, 0.3) is 11.4 Å². The highest BCUT2D eigenvalue weighted by Crippen LogP contribution is 2.42. The largest absolute Gasteiger partial charge is 0.371 e. The molecule has 2 saturated heterocycles. The van der Waals surface area contributed by atoms with E-state index in [0.29, 0.717) is 11.1 Å². The van der Waals surface area contributed by atoms with E-state index in [-0.39, 0.29) is 11.1 Å². The minimum atomic E-state index is -1.11. The van der Waals surface area contributed by atoms with Gasteiger partial charge in [0.25, 0.3) is 0 Å². The smallest absolute Gasteiger partial charge is 0.117 e. The van der Waals surface area contributed by atoms with E-state index in [4.69, 9.17) is 0 Å². The molecule has 48 heavy (non-hydrogen) atoms. The van der Waals surface area contributed by atoms with Crippen molar-refractivity contribution in [1.82, 2.24) is 19.8 Å². The van der Waals surface area contributed by atoms with Crippen LogP contribution in [-0.4, -0.2) is 65.0 Å². The summed E-state index contributed by atoms with van der Waals surface area (Å²) in [5.41, 5.74) is 12.4. The molecule has 2 aromatic carbocycles. The van der Waals surface area contributed by atoms with E-state index < -0.39 is 17.9 Å². The first kappa shape index (κ1) is 37.1.